The average Bonchev–Trinajstić information content (AvgIpc) is 2.40. The van der Waals surface area contributed by atoms with E-state index in [0.717, 1.165) is 11.4 Å². The molecule has 2 atom stereocenters. The van der Waals surface area contributed by atoms with E-state index in [-0.39, 0.29) is 10.5 Å². The number of rotatable bonds is 1. The summed E-state index contributed by atoms with van der Waals surface area (Å²) in [4.78, 5) is 0. The fourth-order valence-corrected chi connectivity index (χ4v) is 4.54. The molecule has 0 fully saturated rings. The fraction of sp³-hybridized carbons (Fsp3) is 0.188. The van der Waals surface area contributed by atoms with E-state index in [4.69, 9.17) is 11.6 Å². The van der Waals surface area contributed by atoms with Gasteiger partial charge in [-0.25, -0.2) is 0 Å². The lowest BCUT2D eigenvalue weighted by molar-refractivity contribution is 1.01. The highest BCUT2D eigenvalue weighted by Gasteiger charge is 2.23. The van der Waals surface area contributed by atoms with Crippen molar-refractivity contribution >= 4 is 28.0 Å². The molecule has 1 aliphatic rings. The van der Waals surface area contributed by atoms with Gasteiger partial charge in [-0.05, 0) is 41.0 Å². The zero-order valence-corrected chi connectivity index (χ0v) is 11.7. The first-order chi connectivity index (χ1) is 8.75. The minimum Gasteiger partial charge on any atom is -0.181 e. The Morgan fingerprint density at radius 2 is 1.78 bits per heavy atom. The van der Waals surface area contributed by atoms with E-state index < -0.39 is 0 Å². The molecule has 92 valence electrons. The van der Waals surface area contributed by atoms with Crippen LogP contribution in [-0.4, -0.2) is 11.6 Å². The molecule has 0 amide bonds. The van der Waals surface area contributed by atoms with Crippen molar-refractivity contribution in [2.45, 2.75) is 11.7 Å². The monoisotopic (exact) mass is 274 g/mol. The van der Waals surface area contributed by atoms with E-state index in [1.807, 2.05) is 12.1 Å². The van der Waals surface area contributed by atoms with Crippen LogP contribution in [-0.2, 0) is 6.42 Å². The van der Waals surface area contributed by atoms with Crippen LogP contribution in [0.15, 0.2) is 48.5 Å². The van der Waals surface area contributed by atoms with Gasteiger partial charge in [0.05, 0.1) is 0 Å². The molecule has 18 heavy (non-hydrogen) atoms. The van der Waals surface area contributed by atoms with Crippen molar-refractivity contribution in [3.05, 3.63) is 70.2 Å². The Morgan fingerprint density at radius 3 is 2.56 bits per heavy atom. The number of aryl methyl sites for hydroxylation is 1. The van der Waals surface area contributed by atoms with Crippen LogP contribution >= 0.6 is 22.1 Å². The number of hydrogen-bond acceptors (Lipinski definition) is 0. The van der Waals surface area contributed by atoms with E-state index >= 15 is 0 Å². The van der Waals surface area contributed by atoms with Gasteiger partial charge in [0.25, 0.3) is 0 Å². The van der Waals surface area contributed by atoms with Crippen LogP contribution in [0, 0.1) is 0 Å². The third-order valence-corrected chi connectivity index (χ3v) is 5.65. The van der Waals surface area contributed by atoms with Gasteiger partial charge in [0.15, 0.2) is 0 Å². The SMILES string of the molecule is C=S1CCc2ccccc2[C@@H]1c1ccc(Cl)cc1. The highest BCUT2D eigenvalue weighted by molar-refractivity contribution is 8.14. The molecule has 1 heterocycles. The number of halogens is 1. The molecule has 2 aromatic carbocycles. The predicted octanol–water partition coefficient (Wildman–Crippen LogP) is 4.69. The summed E-state index contributed by atoms with van der Waals surface area (Å²) < 4.78 is 0. The minimum atomic E-state index is 0.160. The van der Waals surface area contributed by atoms with Crippen molar-refractivity contribution < 1.29 is 0 Å². The zero-order valence-electron chi connectivity index (χ0n) is 10.1. The van der Waals surface area contributed by atoms with Crippen molar-refractivity contribution in [3.63, 3.8) is 0 Å². The summed E-state index contributed by atoms with van der Waals surface area (Å²) >= 11 is 5.97. The zero-order chi connectivity index (χ0) is 12.5. The number of fused-ring (bicyclic) bond motifs is 1. The van der Waals surface area contributed by atoms with Crippen LogP contribution in [0.2, 0.25) is 5.02 Å². The highest BCUT2D eigenvalue weighted by atomic mass is 35.5. The Hall–Kier alpha value is -1.05. The molecule has 0 aromatic heterocycles. The summed E-state index contributed by atoms with van der Waals surface area (Å²) in [5, 5.41) is 1.24. The molecule has 0 bridgehead atoms. The molecule has 0 spiro atoms. The Kier molecular flexibility index (Phi) is 3.27. The molecule has 3 rings (SSSR count). The fourth-order valence-electron chi connectivity index (χ4n) is 2.57. The van der Waals surface area contributed by atoms with Gasteiger partial charge < -0.3 is 0 Å². The second kappa shape index (κ2) is 4.91. The van der Waals surface area contributed by atoms with Crippen molar-refractivity contribution in [2.24, 2.45) is 0 Å². The van der Waals surface area contributed by atoms with Crippen LogP contribution in [0.1, 0.15) is 21.9 Å². The maximum Gasteiger partial charge on any atom is 0.0494 e. The normalized spacial score (nSPS) is 22.5. The van der Waals surface area contributed by atoms with Gasteiger partial charge in [-0.1, -0.05) is 53.9 Å². The summed E-state index contributed by atoms with van der Waals surface area (Å²) in [5.41, 5.74) is 4.26. The first kappa shape index (κ1) is 12.0. The molecule has 0 aliphatic carbocycles. The largest absolute Gasteiger partial charge is 0.181 e. The molecule has 1 unspecified atom stereocenters. The standard InChI is InChI=1S/C16H15ClS/c1-18-11-10-12-4-2-3-5-15(12)16(18)13-6-8-14(17)9-7-13/h2-9,16H,1,10-11H2/t16-,18?/m0/s1. The van der Waals surface area contributed by atoms with Crippen molar-refractivity contribution in [2.75, 3.05) is 5.75 Å². The van der Waals surface area contributed by atoms with Crippen LogP contribution in [0.5, 0.6) is 0 Å². The molecule has 1 aliphatic heterocycles. The first-order valence-electron chi connectivity index (χ1n) is 6.08. The lowest BCUT2D eigenvalue weighted by atomic mass is 9.97. The van der Waals surface area contributed by atoms with Crippen molar-refractivity contribution in [1.82, 2.24) is 0 Å². The second-order valence-electron chi connectivity index (χ2n) is 4.62. The average molecular weight is 275 g/mol. The van der Waals surface area contributed by atoms with Gasteiger partial charge in [-0.2, -0.15) is 10.5 Å². The Bertz CT molecular complexity index is 586. The van der Waals surface area contributed by atoms with E-state index in [9.17, 15) is 0 Å². The maximum atomic E-state index is 5.97. The van der Waals surface area contributed by atoms with Gasteiger partial charge in [-0.15, -0.1) is 0 Å². The van der Waals surface area contributed by atoms with E-state index in [1.54, 1.807) is 0 Å². The van der Waals surface area contributed by atoms with Gasteiger partial charge in [-0.3, -0.25) is 0 Å². The van der Waals surface area contributed by atoms with Gasteiger partial charge in [0.2, 0.25) is 0 Å². The first-order valence-corrected chi connectivity index (χ1v) is 8.09. The van der Waals surface area contributed by atoms with E-state index in [1.165, 1.54) is 22.4 Å². The highest BCUT2D eigenvalue weighted by Crippen LogP contribution is 2.45. The summed E-state index contributed by atoms with van der Waals surface area (Å²) in [6.45, 7) is 0. The second-order valence-corrected chi connectivity index (χ2v) is 7.01. The molecular weight excluding hydrogens is 260 g/mol. The molecule has 0 saturated carbocycles. The number of hydrogen-bond donors (Lipinski definition) is 0. The van der Waals surface area contributed by atoms with Crippen LogP contribution in [0.3, 0.4) is 0 Å². The Labute approximate surface area is 116 Å². The molecule has 2 heteroatoms. The summed E-state index contributed by atoms with van der Waals surface area (Å²) in [6, 6.07) is 17.0. The Balaban J connectivity index is 2.10. The van der Waals surface area contributed by atoms with E-state index in [0.29, 0.717) is 5.25 Å². The number of benzene rings is 2. The third kappa shape index (κ3) is 2.13. The van der Waals surface area contributed by atoms with Crippen LogP contribution in [0.4, 0.5) is 0 Å². The van der Waals surface area contributed by atoms with E-state index in [2.05, 4.69) is 42.3 Å². The van der Waals surface area contributed by atoms with Crippen LogP contribution in [0.25, 0.3) is 0 Å². The summed E-state index contributed by atoms with van der Waals surface area (Å²) in [5.74, 6) is 5.56. The quantitative estimate of drug-likeness (QED) is 0.662. The topological polar surface area (TPSA) is 0 Å². The molecule has 0 radical (unpaired) electrons. The molecule has 2 aromatic rings. The molecule has 0 N–H and O–H groups in total. The van der Waals surface area contributed by atoms with Crippen LogP contribution < -0.4 is 0 Å². The van der Waals surface area contributed by atoms with Gasteiger partial charge in [0, 0.05) is 10.3 Å². The molecule has 0 nitrogen and oxygen atoms in total. The molecule has 0 saturated heterocycles. The minimum absolute atomic E-state index is 0.160. The maximum absolute atomic E-state index is 5.97. The summed E-state index contributed by atoms with van der Waals surface area (Å²) in [7, 11) is 0.160. The lowest BCUT2D eigenvalue weighted by Gasteiger charge is -2.29. The van der Waals surface area contributed by atoms with Crippen molar-refractivity contribution in [3.8, 4) is 0 Å². The van der Waals surface area contributed by atoms with Crippen molar-refractivity contribution in [1.29, 1.82) is 0 Å². The Morgan fingerprint density at radius 1 is 1.06 bits per heavy atom. The molecular formula is C16H15ClS. The lowest BCUT2D eigenvalue weighted by Crippen LogP contribution is -2.11. The van der Waals surface area contributed by atoms with Gasteiger partial charge in [0.1, 0.15) is 0 Å². The predicted molar refractivity (Wildman–Crippen MR) is 83.0 cm³/mol. The third-order valence-electron chi connectivity index (χ3n) is 3.48. The summed E-state index contributed by atoms with van der Waals surface area (Å²) in [6.07, 6.45) is 1.16. The smallest absolute Gasteiger partial charge is 0.0494 e. The van der Waals surface area contributed by atoms with Gasteiger partial charge >= 0.3 is 0 Å².